The molecule has 56 heavy (non-hydrogen) atoms. The summed E-state index contributed by atoms with van der Waals surface area (Å²) in [6, 6.07) is 71.8. The normalized spacial score (nSPS) is 13.0. The summed E-state index contributed by atoms with van der Waals surface area (Å²) in [5, 5.41) is 10.4. The van der Waals surface area contributed by atoms with E-state index in [0.29, 0.717) is 0 Å². The summed E-state index contributed by atoms with van der Waals surface area (Å²) in [5.41, 5.74) is 12.7. The van der Waals surface area contributed by atoms with E-state index in [2.05, 4.69) is 208 Å². The standard InChI is InChI=1S/C55H38S/c1-55(2)50-32-28-38(34-49(50)47-30-29-45-46(54(47)55)31-33-52-53(45)48-21-11-12-23-51(48)56-52)35-24-26-37(27-25-35)40-16-5-3-4-6-18-43(44-20-10-9-19-41(40)44)42-22-13-15-36-14-7-8-17-39(36)42/h3-34H,1-2H3. The Kier molecular flexibility index (Phi) is 7.49. The van der Waals surface area contributed by atoms with E-state index in [4.69, 9.17) is 0 Å². The highest BCUT2D eigenvalue weighted by atomic mass is 32.1. The van der Waals surface area contributed by atoms with E-state index in [1.165, 1.54) is 108 Å². The fraction of sp³-hybridized carbons (Fsp3) is 0.0545. The molecular formula is C55H38S. The second-order valence-electron chi connectivity index (χ2n) is 15.6. The summed E-state index contributed by atoms with van der Waals surface area (Å²) < 4.78 is 2.71. The van der Waals surface area contributed by atoms with Gasteiger partial charge in [0.05, 0.1) is 0 Å². The van der Waals surface area contributed by atoms with Crippen molar-refractivity contribution in [2.75, 3.05) is 0 Å². The third-order valence-corrected chi connectivity index (χ3v) is 13.3. The Labute approximate surface area is 331 Å². The molecule has 0 saturated carbocycles. The van der Waals surface area contributed by atoms with Gasteiger partial charge in [-0.05, 0) is 106 Å². The number of benzene rings is 8. The first kappa shape index (κ1) is 32.9. The van der Waals surface area contributed by atoms with Crippen LogP contribution in [0.15, 0.2) is 194 Å². The summed E-state index contributed by atoms with van der Waals surface area (Å²) in [6.45, 7) is 4.80. The van der Waals surface area contributed by atoms with Crippen molar-refractivity contribution in [3.05, 3.63) is 205 Å². The minimum absolute atomic E-state index is 0.107. The SMILES string of the molecule is CC1(C)c2ccc(-c3ccc(-c4ccccccc(-c5cccc6ccccc56)c5ccccc45)cc3)cc2-c2ccc3c(ccc4sc5ccccc5c43)c21. The molecule has 1 heterocycles. The summed E-state index contributed by atoms with van der Waals surface area (Å²) >= 11 is 1.89. The molecule has 0 spiro atoms. The Balaban J connectivity index is 1.03. The van der Waals surface area contributed by atoms with Gasteiger partial charge in [-0.15, -0.1) is 11.3 Å². The molecule has 1 heteroatoms. The summed E-state index contributed by atoms with van der Waals surface area (Å²) in [7, 11) is 0. The van der Waals surface area contributed by atoms with Gasteiger partial charge in [0, 0.05) is 25.6 Å². The third-order valence-electron chi connectivity index (χ3n) is 12.1. The van der Waals surface area contributed by atoms with Gasteiger partial charge in [0.25, 0.3) is 0 Å². The second kappa shape index (κ2) is 12.8. The highest BCUT2D eigenvalue weighted by molar-refractivity contribution is 7.26. The van der Waals surface area contributed by atoms with Gasteiger partial charge in [0.1, 0.15) is 0 Å². The van der Waals surface area contributed by atoms with Crippen LogP contribution in [0.3, 0.4) is 0 Å². The van der Waals surface area contributed by atoms with Gasteiger partial charge in [-0.25, -0.2) is 0 Å². The van der Waals surface area contributed by atoms with E-state index in [-0.39, 0.29) is 5.41 Å². The summed E-state index contributed by atoms with van der Waals surface area (Å²) in [5.74, 6) is 0. The molecular weight excluding hydrogens is 693 g/mol. The van der Waals surface area contributed by atoms with Crippen molar-refractivity contribution in [1.82, 2.24) is 0 Å². The fourth-order valence-electron chi connectivity index (χ4n) is 9.51. The summed E-state index contributed by atoms with van der Waals surface area (Å²) in [4.78, 5) is 0. The summed E-state index contributed by atoms with van der Waals surface area (Å²) in [6.07, 6.45) is 0. The Morgan fingerprint density at radius 1 is 0.339 bits per heavy atom. The van der Waals surface area contributed by atoms with Crippen LogP contribution in [0.2, 0.25) is 0 Å². The van der Waals surface area contributed by atoms with Gasteiger partial charge in [0.15, 0.2) is 0 Å². The molecule has 0 aliphatic heterocycles. The number of thiophene rings is 1. The number of fused-ring (bicyclic) bond motifs is 11. The smallest absolute Gasteiger partial charge is 0.0361 e. The minimum Gasteiger partial charge on any atom is -0.135 e. The molecule has 0 amide bonds. The van der Waals surface area contributed by atoms with Crippen LogP contribution in [-0.2, 0) is 5.41 Å². The van der Waals surface area contributed by atoms with E-state index in [0.717, 1.165) is 0 Å². The molecule has 9 aromatic carbocycles. The maximum absolute atomic E-state index is 2.43. The van der Waals surface area contributed by atoms with Gasteiger partial charge >= 0.3 is 0 Å². The first-order chi connectivity index (χ1) is 27.5. The Morgan fingerprint density at radius 3 is 1.75 bits per heavy atom. The van der Waals surface area contributed by atoms with Crippen LogP contribution in [0.5, 0.6) is 0 Å². The Bertz CT molecular complexity index is 3260. The topological polar surface area (TPSA) is 0 Å². The molecule has 11 rings (SSSR count). The molecule has 1 aliphatic rings. The van der Waals surface area contributed by atoms with Crippen molar-refractivity contribution in [3.8, 4) is 44.5 Å². The van der Waals surface area contributed by atoms with Crippen molar-refractivity contribution in [3.63, 3.8) is 0 Å². The molecule has 0 bridgehead atoms. The Morgan fingerprint density at radius 2 is 0.929 bits per heavy atom. The van der Waals surface area contributed by atoms with Crippen molar-refractivity contribution in [2.45, 2.75) is 19.3 Å². The molecule has 264 valence electrons. The first-order valence-corrected chi connectivity index (χ1v) is 20.3. The lowest BCUT2D eigenvalue weighted by Crippen LogP contribution is -2.15. The van der Waals surface area contributed by atoms with Crippen LogP contribution in [0.25, 0.3) is 97.0 Å². The van der Waals surface area contributed by atoms with Crippen LogP contribution < -0.4 is 0 Å². The molecule has 0 radical (unpaired) electrons. The fourth-order valence-corrected chi connectivity index (χ4v) is 10.6. The zero-order chi connectivity index (χ0) is 37.4. The lowest BCUT2D eigenvalue weighted by Gasteiger charge is -2.23. The molecule has 0 N–H and O–H groups in total. The maximum atomic E-state index is 2.43. The predicted molar refractivity (Wildman–Crippen MR) is 243 cm³/mol. The molecule has 0 atom stereocenters. The molecule has 10 aromatic rings. The van der Waals surface area contributed by atoms with Gasteiger partial charge in [0.2, 0.25) is 0 Å². The average molecular weight is 731 g/mol. The zero-order valence-electron chi connectivity index (χ0n) is 31.4. The molecule has 0 fully saturated rings. The van der Waals surface area contributed by atoms with Crippen LogP contribution >= 0.6 is 11.3 Å². The van der Waals surface area contributed by atoms with E-state index in [1.54, 1.807) is 0 Å². The third kappa shape index (κ3) is 5.05. The Hall–Kier alpha value is -6.54. The van der Waals surface area contributed by atoms with Crippen LogP contribution in [0, 0.1) is 0 Å². The zero-order valence-corrected chi connectivity index (χ0v) is 32.2. The molecule has 1 aromatic heterocycles. The van der Waals surface area contributed by atoms with Gasteiger partial charge in [-0.3, -0.25) is 0 Å². The lowest BCUT2D eigenvalue weighted by molar-refractivity contribution is 0.666. The number of hydrogen-bond donors (Lipinski definition) is 0. The lowest BCUT2D eigenvalue weighted by atomic mass is 9.79. The molecule has 0 nitrogen and oxygen atoms in total. The van der Waals surface area contributed by atoms with Crippen molar-refractivity contribution in [1.29, 1.82) is 0 Å². The largest absolute Gasteiger partial charge is 0.135 e. The monoisotopic (exact) mass is 730 g/mol. The number of rotatable bonds is 3. The van der Waals surface area contributed by atoms with Crippen LogP contribution in [0.4, 0.5) is 0 Å². The number of hydrogen-bond acceptors (Lipinski definition) is 1. The molecule has 0 saturated heterocycles. The quantitative estimate of drug-likeness (QED) is 0.170. The average Bonchev–Trinajstić information content (AvgIpc) is 3.74. The minimum atomic E-state index is -0.107. The maximum Gasteiger partial charge on any atom is 0.0361 e. The highest BCUT2D eigenvalue weighted by Gasteiger charge is 2.37. The second-order valence-corrected chi connectivity index (χ2v) is 16.7. The van der Waals surface area contributed by atoms with Crippen molar-refractivity contribution in [2.24, 2.45) is 0 Å². The van der Waals surface area contributed by atoms with E-state index < -0.39 is 0 Å². The molecule has 1 aliphatic carbocycles. The van der Waals surface area contributed by atoms with Gasteiger partial charge in [-0.1, -0.05) is 190 Å². The van der Waals surface area contributed by atoms with Crippen LogP contribution in [-0.4, -0.2) is 0 Å². The van der Waals surface area contributed by atoms with Crippen LogP contribution in [0.1, 0.15) is 25.0 Å². The van der Waals surface area contributed by atoms with Crippen molar-refractivity contribution >= 4 is 63.8 Å². The first-order valence-electron chi connectivity index (χ1n) is 19.5. The van der Waals surface area contributed by atoms with E-state index >= 15 is 0 Å². The van der Waals surface area contributed by atoms with Gasteiger partial charge in [-0.2, -0.15) is 0 Å². The predicted octanol–water partition coefficient (Wildman–Crippen LogP) is 15.9. The van der Waals surface area contributed by atoms with Crippen molar-refractivity contribution < 1.29 is 0 Å². The van der Waals surface area contributed by atoms with E-state index in [1.807, 2.05) is 11.3 Å². The van der Waals surface area contributed by atoms with E-state index in [9.17, 15) is 0 Å². The highest BCUT2D eigenvalue weighted by Crippen LogP contribution is 2.53. The molecule has 0 unspecified atom stereocenters. The van der Waals surface area contributed by atoms with Gasteiger partial charge < -0.3 is 0 Å².